The summed E-state index contributed by atoms with van der Waals surface area (Å²) < 4.78 is 37.0. The van der Waals surface area contributed by atoms with E-state index in [9.17, 15) is 13.2 Å². The Bertz CT molecular complexity index is 619. The number of hydrogen-bond acceptors (Lipinski definition) is 5. The molecule has 1 aliphatic rings. The van der Waals surface area contributed by atoms with Crippen molar-refractivity contribution in [3.63, 3.8) is 0 Å². The lowest BCUT2D eigenvalue weighted by Crippen LogP contribution is -2.36. The van der Waals surface area contributed by atoms with Gasteiger partial charge in [-0.25, -0.2) is 17.9 Å². The van der Waals surface area contributed by atoms with E-state index in [4.69, 9.17) is 9.15 Å². The molecule has 1 saturated heterocycles. The average molecular weight is 344 g/mol. The quantitative estimate of drug-likeness (QED) is 0.882. The van der Waals surface area contributed by atoms with Gasteiger partial charge in [-0.1, -0.05) is 0 Å². The molecule has 0 aliphatic carbocycles. The van der Waals surface area contributed by atoms with Gasteiger partial charge in [0.2, 0.25) is 10.0 Å². The van der Waals surface area contributed by atoms with Crippen molar-refractivity contribution in [3.8, 4) is 0 Å². The molecule has 0 aromatic carbocycles. The maximum absolute atomic E-state index is 12.1. The van der Waals surface area contributed by atoms with Crippen LogP contribution in [0.5, 0.6) is 0 Å². The fourth-order valence-electron chi connectivity index (χ4n) is 2.42. The number of carbonyl (C=O) groups excluding carboxylic acids is 1. The topological polar surface area (TPSA) is 88.8 Å². The van der Waals surface area contributed by atoms with Crippen molar-refractivity contribution in [1.82, 2.24) is 9.62 Å². The number of nitrogens with one attached hydrogen (secondary N) is 1. The maximum atomic E-state index is 12.1. The maximum Gasteiger partial charge on any atom is 0.410 e. The molecule has 0 saturated carbocycles. The molecule has 0 bridgehead atoms. The summed E-state index contributed by atoms with van der Waals surface area (Å²) in [6.07, 6.45) is 3.27. The van der Waals surface area contributed by atoms with Gasteiger partial charge in [0.15, 0.2) is 0 Å². The van der Waals surface area contributed by atoms with Gasteiger partial charge >= 0.3 is 6.09 Å². The van der Waals surface area contributed by atoms with Gasteiger partial charge in [-0.05, 0) is 39.2 Å². The van der Waals surface area contributed by atoms with Crippen LogP contribution in [-0.2, 0) is 21.3 Å². The number of likely N-dealkylation sites (tertiary alicyclic amines) is 1. The van der Waals surface area contributed by atoms with Crippen LogP contribution in [0.25, 0.3) is 0 Å². The summed E-state index contributed by atoms with van der Waals surface area (Å²) >= 11 is 0. The second kappa shape index (κ2) is 6.92. The smallest absolute Gasteiger partial charge is 0.410 e. The first-order chi connectivity index (χ1) is 10.6. The van der Waals surface area contributed by atoms with Crippen LogP contribution < -0.4 is 4.72 Å². The molecule has 1 aliphatic heterocycles. The van der Waals surface area contributed by atoms with Crippen molar-refractivity contribution in [2.75, 3.05) is 18.8 Å². The first kappa shape index (κ1) is 17.8. The second-order valence-electron chi connectivity index (χ2n) is 6.82. The monoisotopic (exact) mass is 344 g/mol. The van der Waals surface area contributed by atoms with Crippen LogP contribution in [0, 0.1) is 5.92 Å². The van der Waals surface area contributed by atoms with E-state index in [2.05, 4.69) is 4.72 Å². The highest BCUT2D eigenvalue weighted by Crippen LogP contribution is 2.20. The number of sulfonamides is 1. The number of nitrogens with zero attached hydrogens (tertiary/aromatic N) is 1. The van der Waals surface area contributed by atoms with E-state index in [-0.39, 0.29) is 24.3 Å². The standard InChI is InChI=1S/C15H24N2O5S/c1-15(2,3)22-14(18)17-6-4-13(9-17)11-23(19,20)16-8-12-5-7-21-10-12/h5,7,10,13,16H,4,6,8-9,11H2,1-3H3. The van der Waals surface area contributed by atoms with Crippen LogP contribution in [-0.4, -0.2) is 43.9 Å². The van der Waals surface area contributed by atoms with E-state index in [1.165, 1.54) is 12.5 Å². The van der Waals surface area contributed by atoms with Crippen LogP contribution >= 0.6 is 0 Å². The molecule has 130 valence electrons. The normalized spacial score (nSPS) is 19.1. The van der Waals surface area contributed by atoms with Crippen LogP contribution in [0.1, 0.15) is 32.8 Å². The Hall–Kier alpha value is -1.54. The van der Waals surface area contributed by atoms with Gasteiger partial charge < -0.3 is 14.1 Å². The summed E-state index contributed by atoms with van der Waals surface area (Å²) in [7, 11) is -3.40. The number of rotatable bonds is 5. The minimum absolute atomic E-state index is 0.00412. The van der Waals surface area contributed by atoms with E-state index in [1.54, 1.807) is 11.0 Å². The van der Waals surface area contributed by atoms with Crippen molar-refractivity contribution in [3.05, 3.63) is 24.2 Å². The van der Waals surface area contributed by atoms with Crippen molar-refractivity contribution in [2.24, 2.45) is 5.92 Å². The highest BCUT2D eigenvalue weighted by atomic mass is 32.2. The molecule has 8 heteroatoms. The zero-order chi connectivity index (χ0) is 17.1. The molecule has 1 fully saturated rings. The predicted molar refractivity (Wildman–Crippen MR) is 85.2 cm³/mol. The first-order valence-electron chi connectivity index (χ1n) is 7.61. The van der Waals surface area contributed by atoms with Gasteiger partial charge in [-0.2, -0.15) is 0 Å². The molecule has 0 radical (unpaired) electrons. The number of amides is 1. The Morgan fingerprint density at radius 3 is 2.83 bits per heavy atom. The lowest BCUT2D eigenvalue weighted by Gasteiger charge is -2.24. The zero-order valence-corrected chi connectivity index (χ0v) is 14.6. The minimum atomic E-state index is -3.40. The predicted octanol–water partition coefficient (Wildman–Crippen LogP) is 1.96. The molecular formula is C15H24N2O5S. The van der Waals surface area contributed by atoms with Gasteiger partial charge in [-0.15, -0.1) is 0 Å². The number of carbonyl (C=O) groups is 1. The molecule has 1 aromatic heterocycles. The summed E-state index contributed by atoms with van der Waals surface area (Å²) in [5.74, 6) is -0.0752. The van der Waals surface area contributed by atoms with Gasteiger partial charge in [0.25, 0.3) is 0 Å². The van der Waals surface area contributed by atoms with E-state index < -0.39 is 15.6 Å². The summed E-state index contributed by atoms with van der Waals surface area (Å²) in [5, 5.41) is 0. The molecule has 2 rings (SSSR count). The van der Waals surface area contributed by atoms with Gasteiger partial charge in [-0.3, -0.25) is 0 Å². The summed E-state index contributed by atoms with van der Waals surface area (Å²) in [4.78, 5) is 13.6. The molecule has 2 heterocycles. The lowest BCUT2D eigenvalue weighted by atomic mass is 10.2. The summed E-state index contributed by atoms with van der Waals surface area (Å²) in [5.41, 5.74) is 0.225. The fourth-order valence-corrected chi connectivity index (χ4v) is 3.81. The Morgan fingerprint density at radius 2 is 2.22 bits per heavy atom. The van der Waals surface area contributed by atoms with Crippen LogP contribution in [0.15, 0.2) is 23.0 Å². The SMILES string of the molecule is CC(C)(C)OC(=O)N1CCC(CS(=O)(=O)NCc2ccoc2)C1. The fraction of sp³-hybridized carbons (Fsp3) is 0.667. The molecule has 1 N–H and O–H groups in total. The van der Waals surface area contributed by atoms with Crippen molar-refractivity contribution in [2.45, 2.75) is 39.3 Å². The second-order valence-corrected chi connectivity index (χ2v) is 8.67. The lowest BCUT2D eigenvalue weighted by molar-refractivity contribution is 0.0289. The molecular weight excluding hydrogens is 320 g/mol. The Balaban J connectivity index is 1.81. The highest BCUT2D eigenvalue weighted by molar-refractivity contribution is 7.89. The Labute approximate surface area is 137 Å². The van der Waals surface area contributed by atoms with Gasteiger partial charge in [0.1, 0.15) is 5.60 Å². The molecule has 0 spiro atoms. The third-order valence-electron chi connectivity index (χ3n) is 3.47. The summed E-state index contributed by atoms with van der Waals surface area (Å²) in [6.45, 7) is 6.56. The largest absolute Gasteiger partial charge is 0.472 e. The third-order valence-corrected chi connectivity index (χ3v) is 4.96. The van der Waals surface area contributed by atoms with Crippen LogP contribution in [0.2, 0.25) is 0 Å². The van der Waals surface area contributed by atoms with E-state index >= 15 is 0 Å². The van der Waals surface area contributed by atoms with Gasteiger partial charge in [0, 0.05) is 25.2 Å². The van der Waals surface area contributed by atoms with Crippen molar-refractivity contribution < 1.29 is 22.4 Å². The zero-order valence-electron chi connectivity index (χ0n) is 13.7. The van der Waals surface area contributed by atoms with Crippen LogP contribution in [0.3, 0.4) is 0 Å². The minimum Gasteiger partial charge on any atom is -0.472 e. The van der Waals surface area contributed by atoms with E-state index in [0.29, 0.717) is 19.5 Å². The number of hydrogen-bond donors (Lipinski definition) is 1. The average Bonchev–Trinajstić information content (AvgIpc) is 3.04. The van der Waals surface area contributed by atoms with Crippen molar-refractivity contribution >= 4 is 16.1 Å². The molecule has 7 nitrogen and oxygen atoms in total. The molecule has 1 aromatic rings. The number of furan rings is 1. The van der Waals surface area contributed by atoms with E-state index in [1.807, 2.05) is 20.8 Å². The molecule has 23 heavy (non-hydrogen) atoms. The van der Waals surface area contributed by atoms with Crippen LogP contribution in [0.4, 0.5) is 4.79 Å². The third kappa shape index (κ3) is 5.87. The van der Waals surface area contributed by atoms with E-state index in [0.717, 1.165) is 5.56 Å². The highest BCUT2D eigenvalue weighted by Gasteiger charge is 2.32. The Morgan fingerprint density at radius 1 is 1.48 bits per heavy atom. The molecule has 1 unspecified atom stereocenters. The number of ether oxygens (including phenoxy) is 1. The first-order valence-corrected chi connectivity index (χ1v) is 9.26. The van der Waals surface area contributed by atoms with Crippen molar-refractivity contribution in [1.29, 1.82) is 0 Å². The summed E-state index contributed by atoms with van der Waals surface area (Å²) in [6, 6.07) is 1.71. The Kier molecular flexibility index (Phi) is 5.36. The van der Waals surface area contributed by atoms with Gasteiger partial charge in [0.05, 0.1) is 18.3 Å². The molecule has 1 amide bonds. The molecule has 1 atom stereocenters.